The van der Waals surface area contributed by atoms with Crippen LogP contribution in [-0.4, -0.2) is 51.1 Å². The Morgan fingerprint density at radius 3 is 2.68 bits per heavy atom. The summed E-state index contributed by atoms with van der Waals surface area (Å²) in [4.78, 5) is 32.5. The summed E-state index contributed by atoms with van der Waals surface area (Å²) in [7, 11) is 0. The third kappa shape index (κ3) is 3.13. The van der Waals surface area contributed by atoms with Gasteiger partial charge in [0, 0.05) is 36.4 Å². The van der Waals surface area contributed by atoms with E-state index >= 15 is 0 Å². The largest absolute Gasteiger partial charge is 0.368 e. The van der Waals surface area contributed by atoms with Crippen LogP contribution in [0.3, 0.4) is 0 Å². The van der Waals surface area contributed by atoms with E-state index in [0.717, 1.165) is 17.9 Å². The molecule has 2 aliphatic heterocycles. The molecule has 2 atom stereocenters. The lowest BCUT2D eigenvalue weighted by Crippen LogP contribution is -2.46. The zero-order valence-electron chi connectivity index (χ0n) is 16.1. The van der Waals surface area contributed by atoms with Gasteiger partial charge in [-0.05, 0) is 37.1 Å². The molecule has 4 rings (SSSR count). The Labute approximate surface area is 164 Å². The lowest BCUT2D eigenvalue weighted by Gasteiger charge is -2.23. The van der Waals surface area contributed by atoms with Gasteiger partial charge in [0.15, 0.2) is 0 Å². The highest BCUT2D eigenvalue weighted by molar-refractivity contribution is 6.04. The number of aromatic nitrogens is 2. The summed E-state index contributed by atoms with van der Waals surface area (Å²) in [5.41, 5.74) is 7.24. The molecule has 2 fully saturated rings. The van der Waals surface area contributed by atoms with Gasteiger partial charge >= 0.3 is 6.03 Å². The number of anilines is 1. The number of benzene rings is 1. The number of carbonyl (C=O) groups is 2. The summed E-state index contributed by atoms with van der Waals surface area (Å²) in [5.74, 6) is 0.420. The van der Waals surface area contributed by atoms with Crippen LogP contribution in [-0.2, 0) is 11.3 Å². The van der Waals surface area contributed by atoms with Crippen molar-refractivity contribution in [2.24, 2.45) is 5.73 Å². The first-order chi connectivity index (χ1) is 13.5. The monoisotopic (exact) mass is 381 g/mol. The highest BCUT2D eigenvalue weighted by Crippen LogP contribution is 2.34. The molecule has 2 aromatic rings. The smallest absolute Gasteiger partial charge is 0.325 e. The Bertz CT molecular complexity index is 875. The molecule has 1 aromatic carbocycles. The molecule has 0 saturated carbocycles. The summed E-state index contributed by atoms with van der Waals surface area (Å²) in [6.45, 7) is 5.47. The predicted molar refractivity (Wildman–Crippen MR) is 106 cm³/mol. The number of nitrogens with two attached hydrogens (primary N) is 1. The van der Waals surface area contributed by atoms with E-state index in [-0.39, 0.29) is 12.1 Å². The van der Waals surface area contributed by atoms with Crippen LogP contribution >= 0.6 is 0 Å². The van der Waals surface area contributed by atoms with Crippen LogP contribution in [0.5, 0.6) is 0 Å². The number of hydrogen-bond donors (Lipinski definition) is 2. The van der Waals surface area contributed by atoms with Crippen LogP contribution in [0.2, 0.25) is 0 Å². The molecular weight excluding hydrogens is 356 g/mol. The van der Waals surface area contributed by atoms with E-state index in [9.17, 15) is 9.59 Å². The fraction of sp³-hybridized carbons (Fsp3) is 0.400. The van der Waals surface area contributed by atoms with Crippen LogP contribution in [0.15, 0.2) is 36.7 Å². The number of nitrogens with zero attached hydrogens (tertiary/aromatic N) is 4. The average molecular weight is 381 g/mol. The number of urea groups is 1. The van der Waals surface area contributed by atoms with E-state index in [4.69, 9.17) is 5.73 Å². The standard InChI is InChI=1S/C20H25N6O2/c1-13(2)23-12-17-22-9-11-24(17)14-5-7-15(8-6-14)26-18(19(21)27)16-4-3-10-25(16)20(26)28/h4-9,11,13,16,18,23H,3,10,12H2,1-2H3,(H2,21,27)/t16-,18?/m1/s1. The topological polar surface area (TPSA) is 96.5 Å². The molecule has 3 N–H and O–H groups in total. The molecule has 147 valence electrons. The zero-order chi connectivity index (χ0) is 19.8. The van der Waals surface area contributed by atoms with Gasteiger partial charge in [-0.15, -0.1) is 0 Å². The van der Waals surface area contributed by atoms with Crippen LogP contribution in [0, 0.1) is 6.42 Å². The van der Waals surface area contributed by atoms with Crippen molar-refractivity contribution in [1.29, 1.82) is 0 Å². The number of imidazole rings is 1. The Hall–Kier alpha value is -2.87. The lowest BCUT2D eigenvalue weighted by molar-refractivity contribution is -0.119. The van der Waals surface area contributed by atoms with Gasteiger partial charge in [-0.3, -0.25) is 9.69 Å². The molecule has 0 bridgehead atoms. The van der Waals surface area contributed by atoms with Crippen molar-refractivity contribution in [3.8, 4) is 5.69 Å². The average Bonchev–Trinajstić information content (AvgIpc) is 3.37. The first-order valence-electron chi connectivity index (χ1n) is 9.56. The Morgan fingerprint density at radius 2 is 2.00 bits per heavy atom. The maximum atomic E-state index is 12.8. The van der Waals surface area contributed by atoms with Crippen molar-refractivity contribution in [2.45, 2.75) is 44.9 Å². The second-order valence-electron chi connectivity index (χ2n) is 7.47. The molecule has 3 heterocycles. The van der Waals surface area contributed by atoms with E-state index in [2.05, 4.69) is 24.1 Å². The molecule has 28 heavy (non-hydrogen) atoms. The van der Waals surface area contributed by atoms with E-state index in [1.165, 1.54) is 4.90 Å². The molecule has 8 nitrogen and oxygen atoms in total. The molecule has 1 unspecified atom stereocenters. The van der Waals surface area contributed by atoms with E-state index in [1.807, 2.05) is 41.5 Å². The highest BCUT2D eigenvalue weighted by Gasteiger charge is 2.51. The van der Waals surface area contributed by atoms with Crippen molar-refractivity contribution in [1.82, 2.24) is 19.8 Å². The maximum absolute atomic E-state index is 12.8. The van der Waals surface area contributed by atoms with Gasteiger partial charge in [-0.1, -0.05) is 13.8 Å². The molecule has 1 aromatic heterocycles. The highest BCUT2D eigenvalue weighted by atomic mass is 16.2. The number of carbonyl (C=O) groups excluding carboxylic acids is 2. The molecule has 0 aliphatic carbocycles. The Balaban J connectivity index is 1.59. The number of nitrogens with one attached hydrogen (secondary N) is 1. The zero-order valence-corrected chi connectivity index (χ0v) is 16.1. The summed E-state index contributed by atoms with van der Waals surface area (Å²) < 4.78 is 2.00. The summed E-state index contributed by atoms with van der Waals surface area (Å²) >= 11 is 0. The van der Waals surface area contributed by atoms with Crippen LogP contribution in [0.25, 0.3) is 5.69 Å². The van der Waals surface area contributed by atoms with Gasteiger partial charge in [-0.25, -0.2) is 9.78 Å². The van der Waals surface area contributed by atoms with Crippen LogP contribution in [0.4, 0.5) is 10.5 Å². The minimum absolute atomic E-state index is 0.167. The van der Waals surface area contributed by atoms with Crippen LogP contribution < -0.4 is 16.0 Å². The van der Waals surface area contributed by atoms with Crippen molar-refractivity contribution in [3.63, 3.8) is 0 Å². The maximum Gasteiger partial charge on any atom is 0.325 e. The first kappa shape index (κ1) is 18.5. The van der Waals surface area contributed by atoms with Crippen molar-refractivity contribution in [3.05, 3.63) is 48.9 Å². The minimum Gasteiger partial charge on any atom is -0.368 e. The van der Waals surface area contributed by atoms with Gasteiger partial charge in [0.1, 0.15) is 11.9 Å². The van der Waals surface area contributed by atoms with Gasteiger partial charge in [0.25, 0.3) is 0 Å². The number of rotatable bonds is 6. The van der Waals surface area contributed by atoms with Crippen molar-refractivity contribution < 1.29 is 9.59 Å². The fourth-order valence-electron chi connectivity index (χ4n) is 3.93. The molecule has 2 saturated heterocycles. The third-order valence-electron chi connectivity index (χ3n) is 5.27. The van der Waals surface area contributed by atoms with E-state index in [0.29, 0.717) is 24.8 Å². The molecule has 1 radical (unpaired) electrons. The third-order valence-corrected chi connectivity index (χ3v) is 5.27. The van der Waals surface area contributed by atoms with Gasteiger partial charge in [0.2, 0.25) is 5.91 Å². The quantitative estimate of drug-likeness (QED) is 0.791. The molecule has 3 amide bonds. The Morgan fingerprint density at radius 1 is 1.29 bits per heavy atom. The van der Waals surface area contributed by atoms with E-state index in [1.54, 1.807) is 11.1 Å². The van der Waals surface area contributed by atoms with Crippen molar-refractivity contribution >= 4 is 17.6 Å². The van der Waals surface area contributed by atoms with Crippen molar-refractivity contribution in [2.75, 3.05) is 11.4 Å². The second-order valence-corrected chi connectivity index (χ2v) is 7.47. The number of hydrogen-bond acceptors (Lipinski definition) is 4. The molecule has 0 spiro atoms. The summed E-state index contributed by atoms with van der Waals surface area (Å²) in [6, 6.07) is 6.84. The SMILES string of the molecule is CC(C)NCc1nccn1-c1ccc(N2C(=O)N3CC[CH][C@@H]3C2C(N)=O)cc1. The molecule has 2 aliphatic rings. The Kier molecular flexibility index (Phi) is 4.80. The predicted octanol–water partition coefficient (Wildman–Crippen LogP) is 1.44. The van der Waals surface area contributed by atoms with E-state index < -0.39 is 11.9 Å². The molecule has 8 heteroatoms. The number of amides is 3. The summed E-state index contributed by atoms with van der Waals surface area (Å²) in [5, 5.41) is 3.36. The van der Waals surface area contributed by atoms with Gasteiger partial charge in [-0.2, -0.15) is 0 Å². The lowest BCUT2D eigenvalue weighted by atomic mass is 10.1. The number of fused-ring (bicyclic) bond motifs is 1. The molecular formula is C20H25N6O2. The van der Waals surface area contributed by atoms with Crippen LogP contribution in [0.1, 0.15) is 26.1 Å². The first-order valence-corrected chi connectivity index (χ1v) is 9.56. The number of primary amides is 1. The minimum atomic E-state index is -0.667. The normalized spacial score (nSPS) is 21.6. The van der Waals surface area contributed by atoms with Gasteiger partial charge < -0.3 is 20.5 Å². The van der Waals surface area contributed by atoms with Gasteiger partial charge in [0.05, 0.1) is 12.6 Å². The fourth-order valence-corrected chi connectivity index (χ4v) is 3.93. The second kappa shape index (κ2) is 7.27. The summed E-state index contributed by atoms with van der Waals surface area (Å²) in [6.07, 6.45) is 6.47.